The minimum atomic E-state index is 0.821. The molecule has 68 valence electrons. The van der Waals surface area contributed by atoms with Crippen molar-refractivity contribution in [2.45, 2.75) is 6.92 Å². The van der Waals surface area contributed by atoms with Gasteiger partial charge in [0.2, 0.25) is 0 Å². The molecule has 2 nitrogen and oxygen atoms in total. The molecule has 0 heterocycles. The molecule has 0 aliphatic rings. The van der Waals surface area contributed by atoms with Crippen molar-refractivity contribution in [1.82, 2.24) is 0 Å². The van der Waals surface area contributed by atoms with E-state index in [0.717, 1.165) is 17.0 Å². The average Bonchev–Trinajstić information content (AvgIpc) is 2.17. The third kappa shape index (κ3) is 2.44. The quantitative estimate of drug-likeness (QED) is 0.647. The Balaban J connectivity index is 3.03. The zero-order valence-electron chi connectivity index (χ0n) is 7.95. The van der Waals surface area contributed by atoms with Gasteiger partial charge in [0.15, 0.2) is 0 Å². The molecule has 0 aromatic heterocycles. The highest BCUT2D eigenvalue weighted by Crippen LogP contribution is 2.23. The van der Waals surface area contributed by atoms with E-state index in [1.165, 1.54) is 0 Å². The lowest BCUT2D eigenvalue weighted by Crippen LogP contribution is -1.83. The minimum Gasteiger partial charge on any atom is -0.497 e. The molecule has 0 spiro atoms. The van der Waals surface area contributed by atoms with Crippen LogP contribution >= 0.6 is 0 Å². The smallest absolute Gasteiger partial charge is 0.121 e. The molecule has 0 atom stereocenters. The van der Waals surface area contributed by atoms with Crippen LogP contribution in [0.15, 0.2) is 35.8 Å². The minimum absolute atomic E-state index is 0.821. The van der Waals surface area contributed by atoms with Gasteiger partial charge in [0.05, 0.1) is 12.8 Å². The van der Waals surface area contributed by atoms with Crippen molar-refractivity contribution in [2.75, 3.05) is 7.11 Å². The first kappa shape index (κ1) is 9.52. The van der Waals surface area contributed by atoms with Crippen molar-refractivity contribution in [2.24, 2.45) is 4.99 Å². The first-order valence-electron chi connectivity index (χ1n) is 4.07. The SMILES string of the molecule is C=C/C=N\c1cc(OC)ccc1C. The molecule has 2 heteroatoms. The van der Waals surface area contributed by atoms with Gasteiger partial charge in [0.25, 0.3) is 0 Å². The van der Waals surface area contributed by atoms with Gasteiger partial charge in [-0.25, -0.2) is 0 Å². The molecule has 0 aliphatic carbocycles. The van der Waals surface area contributed by atoms with Crippen LogP contribution in [0.2, 0.25) is 0 Å². The number of methoxy groups -OCH3 is 1. The first-order chi connectivity index (χ1) is 6.27. The van der Waals surface area contributed by atoms with Crippen molar-refractivity contribution in [1.29, 1.82) is 0 Å². The predicted molar refractivity (Wildman–Crippen MR) is 56.1 cm³/mol. The molecule has 1 aromatic carbocycles. The molecule has 0 bridgehead atoms. The van der Waals surface area contributed by atoms with Crippen LogP contribution in [0.4, 0.5) is 5.69 Å². The van der Waals surface area contributed by atoms with Gasteiger partial charge in [-0.1, -0.05) is 18.7 Å². The van der Waals surface area contributed by atoms with E-state index in [4.69, 9.17) is 4.74 Å². The van der Waals surface area contributed by atoms with Crippen LogP contribution in [0.1, 0.15) is 5.56 Å². The van der Waals surface area contributed by atoms with Crippen molar-refractivity contribution in [3.8, 4) is 5.75 Å². The second-order valence-corrected chi connectivity index (χ2v) is 2.67. The topological polar surface area (TPSA) is 21.6 Å². The highest BCUT2D eigenvalue weighted by atomic mass is 16.5. The van der Waals surface area contributed by atoms with Gasteiger partial charge in [0.1, 0.15) is 5.75 Å². The summed E-state index contributed by atoms with van der Waals surface area (Å²) in [4.78, 5) is 4.21. The molecule has 0 aliphatic heterocycles. The number of aryl methyl sites for hydroxylation is 1. The van der Waals surface area contributed by atoms with Crippen LogP contribution in [0.5, 0.6) is 5.75 Å². The van der Waals surface area contributed by atoms with E-state index in [2.05, 4.69) is 11.6 Å². The molecule has 0 unspecified atom stereocenters. The third-order valence-electron chi connectivity index (χ3n) is 1.74. The van der Waals surface area contributed by atoms with Crippen molar-refractivity contribution in [3.63, 3.8) is 0 Å². The lowest BCUT2D eigenvalue weighted by atomic mass is 10.2. The maximum Gasteiger partial charge on any atom is 0.121 e. The molecule has 0 N–H and O–H groups in total. The maximum absolute atomic E-state index is 5.09. The average molecular weight is 175 g/mol. The van der Waals surface area contributed by atoms with Crippen LogP contribution < -0.4 is 4.74 Å². The second kappa shape index (κ2) is 4.45. The van der Waals surface area contributed by atoms with E-state index in [1.54, 1.807) is 19.4 Å². The Bertz CT molecular complexity index is 329. The Morgan fingerprint density at radius 3 is 2.85 bits per heavy atom. The fourth-order valence-electron chi connectivity index (χ4n) is 0.988. The zero-order valence-corrected chi connectivity index (χ0v) is 7.95. The Hall–Kier alpha value is -1.57. The Morgan fingerprint density at radius 2 is 2.23 bits per heavy atom. The summed E-state index contributed by atoms with van der Waals surface area (Å²) in [6, 6.07) is 5.80. The number of ether oxygens (including phenoxy) is 1. The van der Waals surface area contributed by atoms with Gasteiger partial charge >= 0.3 is 0 Å². The number of nitrogens with zero attached hydrogens (tertiary/aromatic N) is 1. The Kier molecular flexibility index (Phi) is 3.26. The summed E-state index contributed by atoms with van der Waals surface area (Å²) in [6.45, 7) is 5.58. The molecule has 1 aromatic rings. The summed E-state index contributed by atoms with van der Waals surface area (Å²) in [5, 5.41) is 0. The van der Waals surface area contributed by atoms with E-state index < -0.39 is 0 Å². The molecule has 0 saturated heterocycles. The molecule has 0 amide bonds. The molecule has 1 rings (SSSR count). The molecular formula is C11H13NO. The van der Waals surface area contributed by atoms with Crippen molar-refractivity contribution in [3.05, 3.63) is 36.4 Å². The summed E-state index contributed by atoms with van der Waals surface area (Å²) < 4.78 is 5.09. The highest BCUT2D eigenvalue weighted by molar-refractivity contribution is 5.74. The number of rotatable bonds is 3. The summed E-state index contributed by atoms with van der Waals surface area (Å²) in [6.07, 6.45) is 3.32. The molecule has 0 saturated carbocycles. The monoisotopic (exact) mass is 175 g/mol. The Morgan fingerprint density at radius 1 is 1.46 bits per heavy atom. The number of hydrogen-bond acceptors (Lipinski definition) is 2. The van der Waals surface area contributed by atoms with E-state index in [0.29, 0.717) is 0 Å². The van der Waals surface area contributed by atoms with Gasteiger partial charge < -0.3 is 4.74 Å². The summed E-state index contributed by atoms with van der Waals surface area (Å²) >= 11 is 0. The van der Waals surface area contributed by atoms with Crippen LogP contribution in [0.25, 0.3) is 0 Å². The fraction of sp³-hybridized carbons (Fsp3) is 0.182. The molecule has 0 radical (unpaired) electrons. The van der Waals surface area contributed by atoms with E-state index in [9.17, 15) is 0 Å². The summed E-state index contributed by atoms with van der Waals surface area (Å²) in [5.41, 5.74) is 2.04. The van der Waals surface area contributed by atoms with Crippen LogP contribution in [-0.4, -0.2) is 13.3 Å². The van der Waals surface area contributed by atoms with E-state index in [1.807, 2.05) is 25.1 Å². The lowest BCUT2D eigenvalue weighted by Gasteiger charge is -2.03. The number of allylic oxidation sites excluding steroid dienone is 1. The van der Waals surface area contributed by atoms with Crippen molar-refractivity contribution >= 4 is 11.9 Å². The molecule has 13 heavy (non-hydrogen) atoms. The number of hydrogen-bond donors (Lipinski definition) is 0. The summed E-state index contributed by atoms with van der Waals surface area (Å²) in [5.74, 6) is 0.821. The van der Waals surface area contributed by atoms with Gasteiger partial charge in [-0.3, -0.25) is 4.99 Å². The second-order valence-electron chi connectivity index (χ2n) is 2.67. The lowest BCUT2D eigenvalue weighted by molar-refractivity contribution is 0.415. The van der Waals surface area contributed by atoms with Gasteiger partial charge in [-0.15, -0.1) is 0 Å². The van der Waals surface area contributed by atoms with Gasteiger partial charge in [0, 0.05) is 12.3 Å². The third-order valence-corrected chi connectivity index (χ3v) is 1.74. The van der Waals surface area contributed by atoms with E-state index >= 15 is 0 Å². The molecular weight excluding hydrogens is 162 g/mol. The molecule has 0 fully saturated rings. The fourth-order valence-corrected chi connectivity index (χ4v) is 0.988. The van der Waals surface area contributed by atoms with Crippen LogP contribution in [0.3, 0.4) is 0 Å². The number of aliphatic imine (C=N–C) groups is 1. The Labute approximate surface area is 78.6 Å². The normalized spacial score (nSPS) is 10.3. The highest BCUT2D eigenvalue weighted by Gasteiger charge is 1.97. The number of benzene rings is 1. The zero-order chi connectivity index (χ0) is 9.68. The first-order valence-corrected chi connectivity index (χ1v) is 4.07. The largest absolute Gasteiger partial charge is 0.497 e. The van der Waals surface area contributed by atoms with Gasteiger partial charge in [-0.2, -0.15) is 0 Å². The predicted octanol–water partition coefficient (Wildman–Crippen LogP) is 2.89. The van der Waals surface area contributed by atoms with Crippen LogP contribution in [-0.2, 0) is 0 Å². The summed E-state index contributed by atoms with van der Waals surface area (Å²) in [7, 11) is 1.64. The van der Waals surface area contributed by atoms with Gasteiger partial charge in [-0.05, 0) is 18.6 Å². The maximum atomic E-state index is 5.09. The van der Waals surface area contributed by atoms with Crippen LogP contribution in [0, 0.1) is 6.92 Å². The van der Waals surface area contributed by atoms with Crippen molar-refractivity contribution < 1.29 is 4.74 Å². The van der Waals surface area contributed by atoms with E-state index in [-0.39, 0.29) is 0 Å². The standard InChI is InChI=1S/C11H13NO/c1-4-7-12-11-8-10(13-3)6-5-9(11)2/h4-8H,1H2,2-3H3/b12-7-.